The molecule has 0 fully saturated rings. The van der Waals surface area contributed by atoms with Crippen LogP contribution in [-0.4, -0.2) is 18.3 Å². The van der Waals surface area contributed by atoms with E-state index in [4.69, 9.17) is 5.11 Å². The van der Waals surface area contributed by atoms with Gasteiger partial charge in [-0.15, -0.1) is 0 Å². The van der Waals surface area contributed by atoms with Crippen LogP contribution >= 0.6 is 0 Å². The quantitative estimate of drug-likeness (QED) is 0.739. The van der Waals surface area contributed by atoms with E-state index in [1.165, 1.54) is 36.8 Å². The number of benzene rings is 1. The highest BCUT2D eigenvalue weighted by Gasteiger charge is 2.31. The maximum atomic E-state index is 8.77. The molecule has 1 aliphatic rings. The highest BCUT2D eigenvalue weighted by atomic mass is 16.2. The Kier molecular flexibility index (Phi) is 5.62. The second kappa shape index (κ2) is 7.24. The summed E-state index contributed by atoms with van der Waals surface area (Å²) in [6.07, 6.45) is 7.01. The van der Waals surface area contributed by atoms with E-state index in [0.29, 0.717) is 18.1 Å². The molecule has 0 heterocycles. The lowest BCUT2D eigenvalue weighted by atomic mass is 9.71. The summed E-state index contributed by atoms with van der Waals surface area (Å²) in [6.45, 7) is 6.14. The molecule has 0 aromatic heterocycles. The fourth-order valence-corrected chi connectivity index (χ4v) is 3.29. The molecule has 1 aromatic rings. The van der Waals surface area contributed by atoms with E-state index in [2.05, 4.69) is 43.4 Å². The summed E-state index contributed by atoms with van der Waals surface area (Å²) >= 11 is 0. The summed E-state index contributed by atoms with van der Waals surface area (Å²) in [4.78, 5) is 0. The van der Waals surface area contributed by atoms with Crippen molar-refractivity contribution in [2.75, 3.05) is 13.2 Å². The molecular formula is C18H29NO. The summed E-state index contributed by atoms with van der Waals surface area (Å²) in [7, 11) is 0. The first-order valence-corrected chi connectivity index (χ1v) is 8.09. The largest absolute Gasteiger partial charge is 0.396 e. The monoisotopic (exact) mass is 275 g/mol. The van der Waals surface area contributed by atoms with Gasteiger partial charge in [-0.1, -0.05) is 51.0 Å². The van der Waals surface area contributed by atoms with Gasteiger partial charge in [0.1, 0.15) is 0 Å². The molecule has 112 valence electrons. The number of aliphatic hydroxyl groups is 1. The lowest BCUT2D eigenvalue weighted by Gasteiger charge is -2.37. The van der Waals surface area contributed by atoms with Crippen LogP contribution in [0.15, 0.2) is 24.3 Å². The first-order valence-electron chi connectivity index (χ1n) is 8.09. The van der Waals surface area contributed by atoms with Gasteiger partial charge in [-0.05, 0) is 48.8 Å². The van der Waals surface area contributed by atoms with Gasteiger partial charge in [-0.25, -0.2) is 0 Å². The number of unbranched alkanes of at least 4 members (excludes halogenated alkanes) is 3. The molecule has 2 rings (SSSR count). The van der Waals surface area contributed by atoms with E-state index in [1.54, 1.807) is 0 Å². The van der Waals surface area contributed by atoms with Gasteiger partial charge in [0.15, 0.2) is 0 Å². The summed E-state index contributed by atoms with van der Waals surface area (Å²) in [5.41, 5.74) is 3.33. The molecule has 0 saturated heterocycles. The smallest absolute Gasteiger partial charge is 0.0431 e. The normalized spacial score (nSPS) is 20.6. The van der Waals surface area contributed by atoms with Crippen LogP contribution in [0.5, 0.6) is 0 Å². The lowest BCUT2D eigenvalue weighted by Crippen LogP contribution is -2.33. The zero-order valence-electron chi connectivity index (χ0n) is 13.0. The second-order valence-corrected chi connectivity index (χ2v) is 6.65. The Bertz CT molecular complexity index is 414. The number of hydrogen-bond acceptors (Lipinski definition) is 2. The minimum Gasteiger partial charge on any atom is -0.396 e. The Morgan fingerprint density at radius 3 is 2.70 bits per heavy atom. The van der Waals surface area contributed by atoms with Crippen molar-refractivity contribution < 1.29 is 5.11 Å². The van der Waals surface area contributed by atoms with Crippen LogP contribution in [0, 0.1) is 0 Å². The summed E-state index contributed by atoms with van der Waals surface area (Å²) in [6, 6.07) is 9.44. The Hall–Kier alpha value is -0.860. The van der Waals surface area contributed by atoms with Gasteiger partial charge in [0.05, 0.1) is 0 Å². The van der Waals surface area contributed by atoms with Crippen molar-refractivity contribution in [2.24, 2.45) is 0 Å². The van der Waals surface area contributed by atoms with Gasteiger partial charge < -0.3 is 10.4 Å². The van der Waals surface area contributed by atoms with Crippen LogP contribution in [0.25, 0.3) is 0 Å². The zero-order chi connectivity index (χ0) is 14.4. The molecule has 0 radical (unpaired) electrons. The van der Waals surface area contributed by atoms with Crippen molar-refractivity contribution in [3.8, 4) is 0 Å². The highest BCUT2D eigenvalue weighted by molar-refractivity contribution is 5.38. The fraction of sp³-hybridized carbons (Fsp3) is 0.667. The van der Waals surface area contributed by atoms with Crippen LogP contribution < -0.4 is 5.32 Å². The zero-order valence-corrected chi connectivity index (χ0v) is 13.0. The van der Waals surface area contributed by atoms with E-state index in [1.807, 2.05) is 0 Å². The number of rotatable bonds is 7. The molecule has 1 atom stereocenters. The van der Waals surface area contributed by atoms with Gasteiger partial charge in [0.25, 0.3) is 0 Å². The van der Waals surface area contributed by atoms with Gasteiger partial charge in [0.2, 0.25) is 0 Å². The molecule has 20 heavy (non-hydrogen) atoms. The molecule has 1 unspecified atom stereocenters. The van der Waals surface area contributed by atoms with Gasteiger partial charge in [-0.3, -0.25) is 0 Å². The molecule has 0 amide bonds. The highest BCUT2D eigenvalue weighted by Crippen LogP contribution is 2.41. The van der Waals surface area contributed by atoms with E-state index in [9.17, 15) is 0 Å². The molecule has 2 heteroatoms. The van der Waals surface area contributed by atoms with Crippen LogP contribution in [0.1, 0.15) is 69.5 Å². The summed E-state index contributed by atoms with van der Waals surface area (Å²) in [5, 5.41) is 12.5. The first kappa shape index (κ1) is 15.5. The second-order valence-electron chi connectivity index (χ2n) is 6.65. The number of aliphatic hydroxyl groups excluding tert-OH is 1. The predicted molar refractivity (Wildman–Crippen MR) is 85.0 cm³/mol. The van der Waals surface area contributed by atoms with Crippen LogP contribution in [0.4, 0.5) is 0 Å². The van der Waals surface area contributed by atoms with Crippen LogP contribution in [-0.2, 0) is 5.41 Å². The Labute approximate surface area is 123 Å². The van der Waals surface area contributed by atoms with E-state index < -0.39 is 0 Å². The van der Waals surface area contributed by atoms with Crippen molar-refractivity contribution in [3.05, 3.63) is 35.4 Å². The maximum absolute atomic E-state index is 8.77. The maximum Gasteiger partial charge on any atom is 0.0431 e. The van der Waals surface area contributed by atoms with E-state index >= 15 is 0 Å². The Morgan fingerprint density at radius 2 is 1.90 bits per heavy atom. The lowest BCUT2D eigenvalue weighted by molar-refractivity contribution is 0.282. The molecule has 2 nitrogen and oxygen atoms in total. The predicted octanol–water partition coefficient (Wildman–Crippen LogP) is 3.94. The SMILES string of the molecule is CC1(C)CCC(NCCCCCCO)c2ccccc21. The van der Waals surface area contributed by atoms with Crippen molar-refractivity contribution in [1.29, 1.82) is 0 Å². The minimum atomic E-state index is 0.315. The third-order valence-corrected chi connectivity index (χ3v) is 4.60. The molecule has 0 bridgehead atoms. The summed E-state index contributed by atoms with van der Waals surface area (Å²) < 4.78 is 0. The third kappa shape index (κ3) is 3.83. The van der Waals surface area contributed by atoms with Crippen molar-refractivity contribution in [3.63, 3.8) is 0 Å². The number of hydrogen-bond donors (Lipinski definition) is 2. The Morgan fingerprint density at radius 1 is 1.15 bits per heavy atom. The standard InChI is InChI=1S/C18H29NO/c1-18(2)12-11-17(15-9-5-6-10-16(15)18)19-13-7-3-4-8-14-20/h5-6,9-10,17,19-20H,3-4,7-8,11-14H2,1-2H3. The molecule has 0 spiro atoms. The Balaban J connectivity index is 1.87. The van der Waals surface area contributed by atoms with Gasteiger partial charge >= 0.3 is 0 Å². The van der Waals surface area contributed by atoms with Crippen molar-refractivity contribution in [2.45, 2.75) is 63.8 Å². The van der Waals surface area contributed by atoms with Crippen molar-refractivity contribution >= 4 is 0 Å². The fourth-order valence-electron chi connectivity index (χ4n) is 3.29. The molecule has 1 aliphatic carbocycles. The van der Waals surface area contributed by atoms with Crippen molar-refractivity contribution in [1.82, 2.24) is 5.32 Å². The van der Waals surface area contributed by atoms with Gasteiger partial charge in [-0.2, -0.15) is 0 Å². The molecule has 0 aliphatic heterocycles. The number of nitrogens with one attached hydrogen (secondary N) is 1. The topological polar surface area (TPSA) is 32.3 Å². The van der Waals surface area contributed by atoms with Gasteiger partial charge in [0, 0.05) is 12.6 Å². The van der Waals surface area contributed by atoms with Crippen LogP contribution in [0.3, 0.4) is 0 Å². The minimum absolute atomic E-state index is 0.315. The summed E-state index contributed by atoms with van der Waals surface area (Å²) in [5.74, 6) is 0. The average molecular weight is 275 g/mol. The molecule has 1 aromatic carbocycles. The first-order chi connectivity index (χ1) is 9.65. The van der Waals surface area contributed by atoms with E-state index in [0.717, 1.165) is 19.4 Å². The molecular weight excluding hydrogens is 246 g/mol. The average Bonchev–Trinajstić information content (AvgIpc) is 2.45. The number of fused-ring (bicyclic) bond motifs is 1. The third-order valence-electron chi connectivity index (χ3n) is 4.60. The van der Waals surface area contributed by atoms with E-state index in [-0.39, 0.29) is 0 Å². The van der Waals surface area contributed by atoms with Crippen LogP contribution in [0.2, 0.25) is 0 Å². The molecule has 0 saturated carbocycles. The molecule has 2 N–H and O–H groups in total.